The van der Waals surface area contributed by atoms with Crippen molar-refractivity contribution in [1.82, 2.24) is 0 Å². The Bertz CT molecular complexity index is 484. The van der Waals surface area contributed by atoms with Gasteiger partial charge in [-0.1, -0.05) is 11.6 Å². The Morgan fingerprint density at radius 3 is 2.33 bits per heavy atom. The molecule has 0 fully saturated rings. The fraction of sp³-hybridized carbons (Fsp3) is 0. The third-order valence-electron chi connectivity index (χ3n) is 1.44. The molecule has 0 heterocycles. The second-order valence-corrected chi connectivity index (χ2v) is 4.23. The van der Waals surface area contributed by atoms with E-state index in [0.717, 1.165) is 18.2 Å². The fourth-order valence-electron chi connectivity index (χ4n) is 0.887. The Kier molecular flexibility index (Phi) is 5.94. The minimum absolute atomic E-state index is 0. The Labute approximate surface area is 134 Å². The largest absolute Gasteiger partial charge is 1.00 e. The van der Waals surface area contributed by atoms with Crippen LogP contribution in [-0.2, 0) is 10.1 Å². The Balaban J connectivity index is 0.00000196. The van der Waals surface area contributed by atoms with Gasteiger partial charge in [0.1, 0.15) is 4.90 Å². The van der Waals surface area contributed by atoms with Gasteiger partial charge in [-0.3, -0.25) is 4.55 Å². The molecule has 0 saturated heterocycles. The minimum atomic E-state index is -4.57. The number of carbonyl (C=O) groups excluding carboxylic acids is 1. The summed E-state index contributed by atoms with van der Waals surface area (Å²) in [4.78, 5) is 9.74. The molecule has 0 spiro atoms. The summed E-state index contributed by atoms with van der Waals surface area (Å²) in [5.74, 6) is -1.72. The minimum Gasteiger partial charge on any atom is -0.545 e. The van der Waals surface area contributed by atoms with E-state index in [9.17, 15) is 18.3 Å². The summed E-state index contributed by atoms with van der Waals surface area (Å²) in [5.41, 5.74) is -0.667. The summed E-state index contributed by atoms with van der Waals surface area (Å²) in [7, 11) is -4.57. The van der Waals surface area contributed by atoms with Crippen molar-refractivity contribution in [3.8, 4) is 0 Å². The summed E-state index contributed by atoms with van der Waals surface area (Å²) >= 11 is 5.44. The molecule has 0 aliphatic heterocycles. The second-order valence-electron chi connectivity index (χ2n) is 2.40. The maximum Gasteiger partial charge on any atom is 1.00 e. The van der Waals surface area contributed by atoms with Crippen LogP contribution in [0.3, 0.4) is 0 Å². The maximum atomic E-state index is 10.7. The van der Waals surface area contributed by atoms with Crippen LogP contribution in [0, 0.1) is 0 Å². The molecule has 0 saturated carbocycles. The molecule has 1 N–H and O–H groups in total. The average molecular weight is 275 g/mol. The third kappa shape index (κ3) is 4.12. The first-order chi connectivity index (χ1) is 6.32. The molecule has 1 aromatic carbocycles. The van der Waals surface area contributed by atoms with Crippen LogP contribution in [0.5, 0.6) is 0 Å². The van der Waals surface area contributed by atoms with Gasteiger partial charge in [0.05, 0.1) is 5.97 Å². The van der Waals surface area contributed by atoms with E-state index in [2.05, 4.69) is 0 Å². The number of carboxylic acid groups (broad SMARTS) is 1. The van der Waals surface area contributed by atoms with Gasteiger partial charge in [-0.05, 0) is 18.2 Å². The number of hydrogen-bond donors (Lipinski definition) is 1. The molecule has 0 aliphatic rings. The van der Waals surface area contributed by atoms with E-state index in [1.54, 1.807) is 0 Å². The number of carbonyl (C=O) groups is 1. The molecule has 0 amide bonds. The second kappa shape index (κ2) is 5.74. The molecule has 1 aromatic rings. The van der Waals surface area contributed by atoms with Crippen molar-refractivity contribution in [2.24, 2.45) is 0 Å². The van der Waals surface area contributed by atoms with E-state index in [0.29, 0.717) is 0 Å². The van der Waals surface area contributed by atoms with E-state index in [4.69, 9.17) is 16.2 Å². The third-order valence-corrected chi connectivity index (χ3v) is 2.59. The van der Waals surface area contributed by atoms with Gasteiger partial charge >= 0.3 is 51.4 Å². The molecule has 0 radical (unpaired) electrons. The molecule has 1 rings (SSSR count). The van der Waals surface area contributed by atoms with E-state index < -0.39 is 26.5 Å². The topological polar surface area (TPSA) is 94.5 Å². The van der Waals surface area contributed by atoms with Crippen LogP contribution in [0.4, 0.5) is 0 Å². The van der Waals surface area contributed by atoms with Crippen molar-refractivity contribution in [3.63, 3.8) is 0 Å². The van der Waals surface area contributed by atoms with Gasteiger partial charge in [-0.2, -0.15) is 8.42 Å². The van der Waals surface area contributed by atoms with Crippen molar-refractivity contribution in [2.45, 2.75) is 4.90 Å². The Morgan fingerprint density at radius 1 is 1.40 bits per heavy atom. The van der Waals surface area contributed by atoms with Crippen LogP contribution in [0.15, 0.2) is 23.1 Å². The molecule has 0 aliphatic carbocycles. The Hall–Kier alpha value is 0.526. The first-order valence-electron chi connectivity index (χ1n) is 3.31. The molecular weight excluding hydrogens is 271 g/mol. The van der Waals surface area contributed by atoms with Crippen LogP contribution >= 0.6 is 11.6 Å². The van der Waals surface area contributed by atoms with Crippen molar-refractivity contribution in [1.29, 1.82) is 0 Å². The van der Waals surface area contributed by atoms with Gasteiger partial charge in [0.25, 0.3) is 10.1 Å². The van der Waals surface area contributed by atoms with Crippen LogP contribution in [0.1, 0.15) is 10.4 Å². The van der Waals surface area contributed by atoms with Gasteiger partial charge in [0.2, 0.25) is 0 Å². The molecule has 8 heteroatoms. The monoisotopic (exact) mass is 274 g/mol. The smallest absolute Gasteiger partial charge is 0.545 e. The molecule has 0 bridgehead atoms. The van der Waals surface area contributed by atoms with Crippen LogP contribution < -0.4 is 56.5 Å². The number of benzene rings is 1. The SMILES string of the molecule is O=C([O-])c1cc(Cl)ccc1S(=O)(=O)O.[K+]. The fourth-order valence-corrected chi connectivity index (χ4v) is 1.72. The van der Waals surface area contributed by atoms with E-state index >= 15 is 0 Å². The van der Waals surface area contributed by atoms with Crippen molar-refractivity contribution in [3.05, 3.63) is 28.8 Å². The summed E-state index contributed by atoms with van der Waals surface area (Å²) in [6.07, 6.45) is 0. The first kappa shape index (κ1) is 15.5. The zero-order valence-corrected chi connectivity index (χ0v) is 12.3. The molecule has 5 nitrogen and oxygen atoms in total. The summed E-state index contributed by atoms with van der Waals surface area (Å²) in [5, 5.41) is 10.5. The van der Waals surface area contributed by atoms with Crippen molar-refractivity contribution < 1.29 is 74.3 Å². The molecule has 0 unspecified atom stereocenters. The zero-order valence-electron chi connectivity index (χ0n) is 7.60. The quantitative estimate of drug-likeness (QED) is 0.457. The molecule has 0 aromatic heterocycles. The van der Waals surface area contributed by atoms with E-state index in [1.165, 1.54) is 0 Å². The average Bonchev–Trinajstić information content (AvgIpc) is 2.01. The normalized spacial score (nSPS) is 10.5. The molecule has 15 heavy (non-hydrogen) atoms. The van der Waals surface area contributed by atoms with Crippen molar-refractivity contribution in [2.75, 3.05) is 0 Å². The van der Waals surface area contributed by atoms with Crippen molar-refractivity contribution >= 4 is 27.7 Å². The first-order valence-corrected chi connectivity index (χ1v) is 5.12. The van der Waals surface area contributed by atoms with Gasteiger partial charge in [0, 0.05) is 10.6 Å². The Morgan fingerprint density at radius 2 is 1.93 bits per heavy atom. The summed E-state index contributed by atoms with van der Waals surface area (Å²) in [6.45, 7) is 0. The van der Waals surface area contributed by atoms with E-state index in [-0.39, 0.29) is 56.4 Å². The van der Waals surface area contributed by atoms with Gasteiger partial charge in [-0.25, -0.2) is 0 Å². The number of hydrogen-bond acceptors (Lipinski definition) is 4. The molecule has 76 valence electrons. The van der Waals surface area contributed by atoms with Gasteiger partial charge in [-0.15, -0.1) is 0 Å². The number of carboxylic acids is 1. The van der Waals surface area contributed by atoms with Crippen LogP contribution in [0.2, 0.25) is 5.02 Å². The predicted octanol–water partition coefficient (Wildman–Crippen LogP) is -3.05. The predicted molar refractivity (Wildman–Crippen MR) is 45.6 cm³/mol. The number of rotatable bonds is 2. The van der Waals surface area contributed by atoms with Crippen LogP contribution in [0.25, 0.3) is 0 Å². The zero-order chi connectivity index (χ0) is 10.9. The molecule has 0 atom stereocenters. The standard InChI is InChI=1S/C7H5ClO5S.K/c8-4-1-2-6(14(11,12)13)5(3-4)7(9)10;/h1-3H,(H,9,10)(H,11,12,13);/q;+1/p-1. The summed E-state index contributed by atoms with van der Waals surface area (Å²) < 4.78 is 30.0. The number of halogens is 1. The van der Waals surface area contributed by atoms with Crippen LogP contribution in [-0.4, -0.2) is 18.9 Å². The van der Waals surface area contributed by atoms with Gasteiger partial charge < -0.3 is 9.90 Å². The number of aromatic carboxylic acids is 1. The van der Waals surface area contributed by atoms with Gasteiger partial charge in [0.15, 0.2) is 0 Å². The summed E-state index contributed by atoms with van der Waals surface area (Å²) in [6, 6.07) is 2.93. The molecular formula is C7H4ClKO5S. The maximum absolute atomic E-state index is 10.7. The van der Waals surface area contributed by atoms with E-state index in [1.807, 2.05) is 0 Å².